The molecule has 0 atom stereocenters. The highest BCUT2D eigenvalue weighted by Crippen LogP contribution is 2.29. The SMILES string of the molecule is CCCCCCCOc1nc2sc(C(=O)OCc3ccccc3)c(C)c2c(=O)o1. The Balaban J connectivity index is 1.68. The van der Waals surface area contributed by atoms with E-state index in [1.54, 1.807) is 6.92 Å². The number of carbonyl (C=O) groups is 1. The first-order valence-electron chi connectivity index (χ1n) is 9.88. The minimum absolute atomic E-state index is 0.0524. The van der Waals surface area contributed by atoms with E-state index in [2.05, 4.69) is 11.9 Å². The maximum absolute atomic E-state index is 12.5. The molecule has 0 fully saturated rings. The molecule has 0 aliphatic heterocycles. The lowest BCUT2D eigenvalue weighted by Gasteiger charge is -2.03. The summed E-state index contributed by atoms with van der Waals surface area (Å²) < 4.78 is 16.1. The smallest absolute Gasteiger partial charge is 0.397 e. The van der Waals surface area contributed by atoms with Crippen molar-refractivity contribution < 1.29 is 18.7 Å². The number of aromatic nitrogens is 1. The van der Waals surface area contributed by atoms with Crippen LogP contribution in [0.2, 0.25) is 0 Å². The normalized spacial score (nSPS) is 11.0. The average molecular weight is 416 g/mol. The van der Waals surface area contributed by atoms with Crippen molar-refractivity contribution >= 4 is 27.5 Å². The fourth-order valence-corrected chi connectivity index (χ4v) is 4.01. The van der Waals surface area contributed by atoms with Crippen LogP contribution in [0.4, 0.5) is 0 Å². The second-order valence-electron chi connectivity index (χ2n) is 6.83. The van der Waals surface area contributed by atoms with E-state index in [0.29, 0.717) is 27.3 Å². The fraction of sp³-hybridized carbons (Fsp3) is 0.409. The molecule has 1 aromatic carbocycles. The number of aryl methyl sites for hydroxylation is 1. The lowest BCUT2D eigenvalue weighted by Crippen LogP contribution is -2.07. The van der Waals surface area contributed by atoms with E-state index in [1.807, 2.05) is 30.3 Å². The zero-order chi connectivity index (χ0) is 20.6. The maximum Gasteiger partial charge on any atom is 0.397 e. The predicted molar refractivity (Wildman–Crippen MR) is 113 cm³/mol. The number of esters is 1. The van der Waals surface area contributed by atoms with Crippen LogP contribution in [0.5, 0.6) is 6.08 Å². The van der Waals surface area contributed by atoms with Crippen LogP contribution in [-0.4, -0.2) is 17.6 Å². The van der Waals surface area contributed by atoms with Gasteiger partial charge in [0.1, 0.15) is 21.7 Å². The molecule has 0 aliphatic carbocycles. The van der Waals surface area contributed by atoms with Crippen molar-refractivity contribution in [3.63, 3.8) is 0 Å². The first-order chi connectivity index (χ1) is 14.1. The maximum atomic E-state index is 12.5. The van der Waals surface area contributed by atoms with Gasteiger partial charge in [-0.15, -0.1) is 11.3 Å². The molecular weight excluding hydrogens is 390 g/mol. The first kappa shape index (κ1) is 21.0. The number of rotatable bonds is 10. The third-order valence-corrected chi connectivity index (χ3v) is 5.74. The summed E-state index contributed by atoms with van der Waals surface area (Å²) in [5.41, 5.74) is 0.870. The Morgan fingerprint density at radius 1 is 1.14 bits per heavy atom. The van der Waals surface area contributed by atoms with Gasteiger partial charge in [0.15, 0.2) is 0 Å². The molecule has 0 aliphatic rings. The lowest BCUT2D eigenvalue weighted by atomic mass is 10.2. The van der Waals surface area contributed by atoms with Gasteiger partial charge >= 0.3 is 17.7 Å². The van der Waals surface area contributed by atoms with E-state index < -0.39 is 11.6 Å². The molecule has 0 saturated carbocycles. The monoisotopic (exact) mass is 415 g/mol. The molecule has 0 saturated heterocycles. The van der Waals surface area contributed by atoms with Gasteiger partial charge in [-0.1, -0.05) is 62.9 Å². The van der Waals surface area contributed by atoms with Crippen molar-refractivity contribution in [1.82, 2.24) is 4.98 Å². The van der Waals surface area contributed by atoms with Crippen molar-refractivity contribution in [3.05, 3.63) is 56.8 Å². The number of carbonyl (C=O) groups excluding carboxylic acids is 1. The predicted octanol–water partition coefficient (Wildman–Crippen LogP) is 5.26. The van der Waals surface area contributed by atoms with Gasteiger partial charge in [-0.3, -0.25) is 0 Å². The van der Waals surface area contributed by atoms with E-state index in [4.69, 9.17) is 13.9 Å². The number of hydrogen-bond donors (Lipinski definition) is 0. The molecule has 0 spiro atoms. The van der Waals surface area contributed by atoms with Crippen molar-refractivity contribution in [2.24, 2.45) is 0 Å². The number of unbranched alkanes of at least 4 members (excludes halogenated alkanes) is 4. The standard InChI is InChI=1S/C22H25NO5S/c1-3-4-5-6-10-13-26-22-23-19-17(20(24)28-22)15(2)18(29-19)21(25)27-14-16-11-8-7-9-12-16/h7-9,11-12H,3-6,10,13-14H2,1-2H3. The molecule has 29 heavy (non-hydrogen) atoms. The van der Waals surface area contributed by atoms with Crippen LogP contribution in [0.3, 0.4) is 0 Å². The van der Waals surface area contributed by atoms with Crippen molar-refractivity contribution in [1.29, 1.82) is 0 Å². The summed E-state index contributed by atoms with van der Waals surface area (Å²) >= 11 is 1.12. The van der Waals surface area contributed by atoms with Gasteiger partial charge in [0.05, 0.1) is 6.61 Å². The van der Waals surface area contributed by atoms with E-state index >= 15 is 0 Å². The largest absolute Gasteiger partial charge is 0.457 e. The molecule has 6 nitrogen and oxygen atoms in total. The molecule has 0 unspecified atom stereocenters. The Morgan fingerprint density at radius 2 is 1.90 bits per heavy atom. The number of benzene rings is 1. The molecule has 7 heteroatoms. The van der Waals surface area contributed by atoms with Crippen molar-refractivity contribution in [2.75, 3.05) is 6.61 Å². The van der Waals surface area contributed by atoms with Crippen LogP contribution in [0.25, 0.3) is 10.2 Å². The summed E-state index contributed by atoms with van der Waals surface area (Å²) in [5, 5.41) is 0.303. The molecule has 0 N–H and O–H groups in total. The van der Waals surface area contributed by atoms with Crippen molar-refractivity contribution in [2.45, 2.75) is 52.6 Å². The second kappa shape index (κ2) is 10.2. The molecule has 0 radical (unpaired) electrons. The number of nitrogens with zero attached hydrogens (tertiary/aromatic N) is 1. The van der Waals surface area contributed by atoms with E-state index in [-0.39, 0.29) is 12.7 Å². The zero-order valence-electron chi connectivity index (χ0n) is 16.7. The molecule has 2 aromatic heterocycles. The summed E-state index contributed by atoms with van der Waals surface area (Å²) in [6.07, 6.45) is 5.44. The van der Waals surface area contributed by atoms with Gasteiger partial charge in [0, 0.05) is 0 Å². The van der Waals surface area contributed by atoms with E-state index in [1.165, 1.54) is 12.8 Å². The second-order valence-corrected chi connectivity index (χ2v) is 7.83. The Morgan fingerprint density at radius 3 is 2.66 bits per heavy atom. The topological polar surface area (TPSA) is 78.6 Å². The first-order valence-corrected chi connectivity index (χ1v) is 10.7. The van der Waals surface area contributed by atoms with Crippen LogP contribution in [0, 0.1) is 6.92 Å². The zero-order valence-corrected chi connectivity index (χ0v) is 17.5. The molecule has 154 valence electrons. The van der Waals surface area contributed by atoms with E-state index in [9.17, 15) is 9.59 Å². The quantitative estimate of drug-likeness (QED) is 0.332. The van der Waals surface area contributed by atoms with Crippen LogP contribution in [0.1, 0.15) is 59.8 Å². The number of hydrogen-bond acceptors (Lipinski definition) is 7. The van der Waals surface area contributed by atoms with Crippen LogP contribution >= 0.6 is 11.3 Å². The van der Waals surface area contributed by atoms with E-state index in [0.717, 1.165) is 36.2 Å². The Bertz CT molecular complexity index is 1010. The summed E-state index contributed by atoms with van der Waals surface area (Å²) in [6.45, 7) is 4.48. The molecule has 3 aromatic rings. The summed E-state index contributed by atoms with van der Waals surface area (Å²) in [5.74, 6) is -0.479. The van der Waals surface area contributed by atoms with Gasteiger partial charge in [-0.25, -0.2) is 9.59 Å². The molecule has 0 amide bonds. The number of ether oxygens (including phenoxy) is 2. The summed E-state index contributed by atoms with van der Waals surface area (Å²) in [6, 6.07) is 9.43. The number of fused-ring (bicyclic) bond motifs is 1. The van der Waals surface area contributed by atoms with Gasteiger partial charge in [0.2, 0.25) is 0 Å². The summed E-state index contributed by atoms with van der Waals surface area (Å²) in [4.78, 5) is 29.9. The Labute approximate surface area is 173 Å². The number of thiophene rings is 1. The van der Waals surface area contributed by atoms with Crippen LogP contribution in [-0.2, 0) is 11.3 Å². The third kappa shape index (κ3) is 5.44. The Kier molecular flexibility index (Phi) is 7.41. The highest BCUT2D eigenvalue weighted by molar-refractivity contribution is 7.20. The highest BCUT2D eigenvalue weighted by atomic mass is 32.1. The van der Waals surface area contributed by atoms with Gasteiger partial charge in [-0.05, 0) is 24.5 Å². The van der Waals surface area contributed by atoms with Gasteiger partial charge < -0.3 is 13.9 Å². The highest BCUT2D eigenvalue weighted by Gasteiger charge is 2.22. The third-order valence-electron chi connectivity index (χ3n) is 4.58. The summed E-state index contributed by atoms with van der Waals surface area (Å²) in [7, 11) is 0. The molecule has 3 rings (SSSR count). The molecule has 2 heterocycles. The van der Waals surface area contributed by atoms with Gasteiger partial charge in [-0.2, -0.15) is 4.98 Å². The lowest BCUT2D eigenvalue weighted by molar-refractivity contribution is 0.0478. The van der Waals surface area contributed by atoms with Crippen LogP contribution < -0.4 is 10.4 Å². The van der Waals surface area contributed by atoms with Gasteiger partial charge in [0.25, 0.3) is 0 Å². The minimum Gasteiger partial charge on any atom is -0.457 e. The molecule has 0 bridgehead atoms. The van der Waals surface area contributed by atoms with Crippen molar-refractivity contribution in [3.8, 4) is 6.08 Å². The fourth-order valence-electron chi connectivity index (χ4n) is 2.96. The molecular formula is C22H25NO5S. The minimum atomic E-state index is -0.549. The van der Waals surface area contributed by atoms with Crippen LogP contribution in [0.15, 0.2) is 39.5 Å². The Hall–Kier alpha value is -2.67. The average Bonchev–Trinajstić information content (AvgIpc) is 3.06.